The fourth-order valence-corrected chi connectivity index (χ4v) is 3.94. The van der Waals surface area contributed by atoms with Gasteiger partial charge in [-0.2, -0.15) is 0 Å². The van der Waals surface area contributed by atoms with Gasteiger partial charge in [-0.1, -0.05) is 45.4 Å². The Labute approximate surface area is 167 Å². The van der Waals surface area contributed by atoms with E-state index in [-0.39, 0.29) is 28.6 Å². The first-order chi connectivity index (χ1) is 13.4. The molecule has 154 valence electrons. The number of amides is 3. The normalized spacial score (nSPS) is 19.2. The third-order valence-corrected chi connectivity index (χ3v) is 5.66. The van der Waals surface area contributed by atoms with Gasteiger partial charge in [-0.15, -0.1) is 0 Å². The number of nitrogens with two attached hydrogens (primary N) is 2. The number of unbranched alkanes of at least 4 members (excludes halogenated alkanes) is 4. The summed E-state index contributed by atoms with van der Waals surface area (Å²) in [5.74, 6) is -0.934. The number of benzene rings is 1. The van der Waals surface area contributed by atoms with Gasteiger partial charge in [0.1, 0.15) is 0 Å². The molecule has 1 aliphatic carbocycles. The van der Waals surface area contributed by atoms with Crippen LogP contribution in [0.1, 0.15) is 102 Å². The molecule has 1 aliphatic rings. The van der Waals surface area contributed by atoms with E-state index in [1.165, 1.54) is 56.7 Å². The maximum atomic E-state index is 12.6. The highest BCUT2D eigenvalue weighted by Gasteiger charge is 2.23. The first kappa shape index (κ1) is 21.9. The second-order valence-electron chi connectivity index (χ2n) is 7.92. The van der Waals surface area contributed by atoms with E-state index in [9.17, 15) is 14.4 Å². The summed E-state index contributed by atoms with van der Waals surface area (Å²) in [6, 6.07) is 4.25. The molecule has 0 aliphatic heterocycles. The molecule has 6 nitrogen and oxygen atoms in total. The van der Waals surface area contributed by atoms with E-state index >= 15 is 0 Å². The van der Waals surface area contributed by atoms with Crippen molar-refractivity contribution < 1.29 is 14.4 Å². The molecule has 0 unspecified atom stereocenters. The van der Waals surface area contributed by atoms with Gasteiger partial charge in [-0.25, -0.2) is 0 Å². The monoisotopic (exact) mass is 387 g/mol. The summed E-state index contributed by atoms with van der Waals surface area (Å²) in [5.41, 5.74) is 11.0. The van der Waals surface area contributed by atoms with Crippen LogP contribution < -0.4 is 16.8 Å². The molecule has 1 aromatic carbocycles. The number of nitrogens with one attached hydrogen (secondary N) is 1. The lowest BCUT2D eigenvalue weighted by molar-refractivity contribution is 0.0921. The minimum absolute atomic E-state index is 0.105. The standard InChI is InChI=1S/C22H33N3O3/c1-2-3-4-5-6-7-15-8-10-19(11-9-15)25-22(28)18-13-16(20(23)26)12-17(14-18)21(24)27/h12-15,19H,2-11H2,1H3,(H2,23,26)(H2,24,27)(H,25,28). The van der Waals surface area contributed by atoms with Crippen molar-refractivity contribution in [3.8, 4) is 0 Å². The number of rotatable bonds is 10. The summed E-state index contributed by atoms with van der Waals surface area (Å²) in [5, 5.41) is 3.03. The van der Waals surface area contributed by atoms with Crippen molar-refractivity contribution in [2.45, 2.75) is 77.2 Å². The lowest BCUT2D eigenvalue weighted by Gasteiger charge is -2.29. The number of carbonyl (C=O) groups is 3. The third-order valence-electron chi connectivity index (χ3n) is 5.66. The zero-order chi connectivity index (χ0) is 20.5. The fourth-order valence-electron chi connectivity index (χ4n) is 3.94. The van der Waals surface area contributed by atoms with E-state index in [0.29, 0.717) is 0 Å². The Morgan fingerprint density at radius 2 is 1.39 bits per heavy atom. The highest BCUT2D eigenvalue weighted by atomic mass is 16.2. The Morgan fingerprint density at radius 1 is 0.857 bits per heavy atom. The predicted molar refractivity (Wildman–Crippen MR) is 110 cm³/mol. The highest BCUT2D eigenvalue weighted by molar-refractivity contribution is 6.03. The summed E-state index contributed by atoms with van der Waals surface area (Å²) in [7, 11) is 0. The average molecular weight is 388 g/mol. The zero-order valence-corrected chi connectivity index (χ0v) is 16.8. The minimum Gasteiger partial charge on any atom is -0.366 e. The lowest BCUT2D eigenvalue weighted by atomic mass is 9.83. The van der Waals surface area contributed by atoms with Crippen LogP contribution in [0.25, 0.3) is 0 Å². The van der Waals surface area contributed by atoms with E-state index in [1.807, 2.05) is 0 Å². The highest BCUT2D eigenvalue weighted by Crippen LogP contribution is 2.29. The molecular weight excluding hydrogens is 354 g/mol. The molecule has 6 heteroatoms. The van der Waals surface area contributed by atoms with Gasteiger partial charge in [0, 0.05) is 22.7 Å². The van der Waals surface area contributed by atoms with E-state index in [4.69, 9.17) is 11.5 Å². The van der Waals surface area contributed by atoms with Crippen LogP contribution in [-0.4, -0.2) is 23.8 Å². The van der Waals surface area contributed by atoms with Crippen molar-refractivity contribution in [2.24, 2.45) is 17.4 Å². The van der Waals surface area contributed by atoms with Crippen molar-refractivity contribution in [1.82, 2.24) is 5.32 Å². The van der Waals surface area contributed by atoms with Gasteiger partial charge in [-0.05, 0) is 49.8 Å². The number of hydrogen-bond donors (Lipinski definition) is 3. The maximum absolute atomic E-state index is 12.6. The Balaban J connectivity index is 1.85. The van der Waals surface area contributed by atoms with Gasteiger partial charge in [0.25, 0.3) is 5.91 Å². The van der Waals surface area contributed by atoms with Crippen LogP contribution in [0.3, 0.4) is 0 Å². The molecule has 3 amide bonds. The first-order valence-electron chi connectivity index (χ1n) is 10.5. The molecule has 1 saturated carbocycles. The second-order valence-corrected chi connectivity index (χ2v) is 7.92. The molecule has 5 N–H and O–H groups in total. The van der Waals surface area contributed by atoms with E-state index in [0.717, 1.165) is 31.6 Å². The molecule has 0 bridgehead atoms. The number of hydrogen-bond acceptors (Lipinski definition) is 3. The van der Waals surface area contributed by atoms with Crippen molar-refractivity contribution in [1.29, 1.82) is 0 Å². The Morgan fingerprint density at radius 3 is 1.93 bits per heavy atom. The summed E-state index contributed by atoms with van der Waals surface area (Å²) < 4.78 is 0. The molecule has 1 aromatic rings. The van der Waals surface area contributed by atoms with E-state index < -0.39 is 11.8 Å². The zero-order valence-electron chi connectivity index (χ0n) is 16.8. The van der Waals surface area contributed by atoms with Gasteiger partial charge < -0.3 is 16.8 Å². The van der Waals surface area contributed by atoms with Crippen LogP contribution in [0.15, 0.2) is 18.2 Å². The molecule has 0 atom stereocenters. The van der Waals surface area contributed by atoms with Crippen LogP contribution in [0.2, 0.25) is 0 Å². The Hall–Kier alpha value is -2.37. The molecule has 0 saturated heterocycles. The quantitative estimate of drug-likeness (QED) is 0.533. The summed E-state index contributed by atoms with van der Waals surface area (Å²) in [4.78, 5) is 35.5. The van der Waals surface area contributed by atoms with Crippen LogP contribution >= 0.6 is 0 Å². The van der Waals surface area contributed by atoms with Crippen molar-refractivity contribution >= 4 is 17.7 Å². The molecule has 0 spiro atoms. The summed E-state index contributed by atoms with van der Waals surface area (Å²) in [6.45, 7) is 2.23. The number of carbonyl (C=O) groups excluding carboxylic acids is 3. The van der Waals surface area contributed by atoms with Crippen LogP contribution in [0, 0.1) is 5.92 Å². The Kier molecular flexibility index (Phi) is 8.48. The van der Waals surface area contributed by atoms with Gasteiger partial charge in [-0.3, -0.25) is 14.4 Å². The SMILES string of the molecule is CCCCCCCC1CCC(NC(=O)c2cc(C(N)=O)cc(C(N)=O)c2)CC1. The van der Waals surface area contributed by atoms with Crippen molar-refractivity contribution in [3.63, 3.8) is 0 Å². The topological polar surface area (TPSA) is 115 Å². The van der Waals surface area contributed by atoms with E-state index in [2.05, 4.69) is 12.2 Å². The second kappa shape index (κ2) is 10.8. The minimum atomic E-state index is -0.698. The third kappa shape index (κ3) is 6.66. The molecule has 0 heterocycles. The fraction of sp³-hybridized carbons (Fsp3) is 0.591. The smallest absolute Gasteiger partial charge is 0.251 e. The Bertz CT molecular complexity index is 662. The van der Waals surface area contributed by atoms with Crippen LogP contribution in [-0.2, 0) is 0 Å². The molecule has 0 aromatic heterocycles. The molecular formula is C22H33N3O3. The van der Waals surface area contributed by atoms with Gasteiger partial charge in [0.05, 0.1) is 0 Å². The molecule has 2 rings (SSSR count). The first-order valence-corrected chi connectivity index (χ1v) is 10.5. The van der Waals surface area contributed by atoms with Crippen molar-refractivity contribution in [3.05, 3.63) is 34.9 Å². The van der Waals surface area contributed by atoms with Crippen LogP contribution in [0.5, 0.6) is 0 Å². The van der Waals surface area contributed by atoms with Crippen LogP contribution in [0.4, 0.5) is 0 Å². The van der Waals surface area contributed by atoms with E-state index in [1.54, 1.807) is 0 Å². The summed E-state index contributed by atoms with van der Waals surface area (Å²) >= 11 is 0. The molecule has 1 fully saturated rings. The van der Waals surface area contributed by atoms with Crippen molar-refractivity contribution in [2.75, 3.05) is 0 Å². The molecule has 0 radical (unpaired) electrons. The average Bonchev–Trinajstić information content (AvgIpc) is 2.68. The maximum Gasteiger partial charge on any atom is 0.251 e. The molecule has 28 heavy (non-hydrogen) atoms. The van der Waals surface area contributed by atoms with Gasteiger partial charge in [0.2, 0.25) is 11.8 Å². The largest absolute Gasteiger partial charge is 0.366 e. The number of primary amides is 2. The predicted octanol–water partition coefficient (Wildman–Crippen LogP) is 3.53. The lowest BCUT2D eigenvalue weighted by Crippen LogP contribution is -2.37. The van der Waals surface area contributed by atoms with Gasteiger partial charge in [0.15, 0.2) is 0 Å². The van der Waals surface area contributed by atoms with Gasteiger partial charge >= 0.3 is 0 Å². The summed E-state index contributed by atoms with van der Waals surface area (Å²) in [6.07, 6.45) is 12.0.